The lowest BCUT2D eigenvalue weighted by Gasteiger charge is -2.15. The normalized spacial score (nSPS) is 13.2. The van der Waals surface area contributed by atoms with Crippen LogP contribution < -0.4 is 5.73 Å². The number of halogens is 1. The highest BCUT2D eigenvalue weighted by Gasteiger charge is 2.14. The quantitative estimate of drug-likeness (QED) is 0.782. The molecule has 0 bridgehead atoms. The molecule has 78 valence electrons. The van der Waals surface area contributed by atoms with Gasteiger partial charge < -0.3 is 10.8 Å². The molecule has 0 amide bonds. The van der Waals surface area contributed by atoms with Gasteiger partial charge in [0.2, 0.25) is 0 Å². The van der Waals surface area contributed by atoms with Crippen molar-refractivity contribution in [3.63, 3.8) is 0 Å². The van der Waals surface area contributed by atoms with E-state index in [4.69, 9.17) is 5.73 Å². The van der Waals surface area contributed by atoms with E-state index in [1.54, 1.807) is 12.1 Å². The Balaban J connectivity index is 3.13. The fourth-order valence-electron chi connectivity index (χ4n) is 1.43. The van der Waals surface area contributed by atoms with Gasteiger partial charge in [0.05, 0.1) is 6.04 Å². The SMILES string of the molecule is CC(C)c1cccc(C(N)CF)c1O. The van der Waals surface area contributed by atoms with Crippen LogP contribution in [0.15, 0.2) is 18.2 Å². The van der Waals surface area contributed by atoms with Crippen LogP contribution in [0.2, 0.25) is 0 Å². The first-order valence-corrected chi connectivity index (χ1v) is 4.71. The van der Waals surface area contributed by atoms with Crippen LogP contribution in [-0.4, -0.2) is 11.8 Å². The van der Waals surface area contributed by atoms with E-state index < -0.39 is 12.7 Å². The standard InChI is InChI=1S/C11H16FNO/c1-7(2)8-4-3-5-9(11(8)14)10(13)6-12/h3-5,7,10,14H,6,13H2,1-2H3. The topological polar surface area (TPSA) is 46.2 Å². The fourth-order valence-corrected chi connectivity index (χ4v) is 1.43. The van der Waals surface area contributed by atoms with Crippen molar-refractivity contribution in [1.29, 1.82) is 0 Å². The summed E-state index contributed by atoms with van der Waals surface area (Å²) in [5.74, 6) is 0.342. The van der Waals surface area contributed by atoms with Crippen LogP contribution in [0.3, 0.4) is 0 Å². The average Bonchev–Trinajstić information content (AvgIpc) is 2.16. The summed E-state index contributed by atoms with van der Waals surface area (Å²) in [6.45, 7) is 3.29. The van der Waals surface area contributed by atoms with E-state index in [0.717, 1.165) is 5.56 Å². The van der Waals surface area contributed by atoms with Crippen LogP contribution in [0, 0.1) is 0 Å². The van der Waals surface area contributed by atoms with E-state index >= 15 is 0 Å². The summed E-state index contributed by atoms with van der Waals surface area (Å²) in [5, 5.41) is 9.81. The average molecular weight is 197 g/mol. The predicted molar refractivity (Wildman–Crippen MR) is 55.1 cm³/mol. The number of phenols is 1. The van der Waals surface area contributed by atoms with E-state index in [2.05, 4.69) is 0 Å². The van der Waals surface area contributed by atoms with Crippen LogP contribution in [-0.2, 0) is 0 Å². The minimum atomic E-state index is -0.728. The van der Waals surface area contributed by atoms with Gasteiger partial charge in [0.1, 0.15) is 12.4 Å². The first-order valence-electron chi connectivity index (χ1n) is 4.71. The third kappa shape index (κ3) is 2.04. The molecule has 0 aliphatic heterocycles. The van der Waals surface area contributed by atoms with Gasteiger partial charge in [-0.25, -0.2) is 4.39 Å². The maximum absolute atomic E-state index is 12.3. The Morgan fingerprint density at radius 1 is 1.36 bits per heavy atom. The zero-order valence-electron chi connectivity index (χ0n) is 8.50. The van der Waals surface area contributed by atoms with Gasteiger partial charge in [0.15, 0.2) is 0 Å². The minimum Gasteiger partial charge on any atom is -0.507 e. The number of phenolic OH excluding ortho intramolecular Hbond substituents is 1. The van der Waals surface area contributed by atoms with Gasteiger partial charge in [-0.3, -0.25) is 0 Å². The predicted octanol–water partition coefficient (Wildman–Crippen LogP) is 2.48. The first kappa shape index (κ1) is 11.0. The van der Waals surface area contributed by atoms with E-state index in [9.17, 15) is 9.50 Å². The molecule has 1 unspecified atom stereocenters. The van der Waals surface area contributed by atoms with E-state index in [1.807, 2.05) is 19.9 Å². The van der Waals surface area contributed by atoms with Gasteiger partial charge in [-0.15, -0.1) is 0 Å². The van der Waals surface area contributed by atoms with Crippen molar-refractivity contribution in [1.82, 2.24) is 0 Å². The van der Waals surface area contributed by atoms with Gasteiger partial charge >= 0.3 is 0 Å². The lowest BCUT2D eigenvalue weighted by Crippen LogP contribution is -2.12. The van der Waals surface area contributed by atoms with E-state index in [0.29, 0.717) is 5.56 Å². The summed E-state index contributed by atoms with van der Waals surface area (Å²) < 4.78 is 12.3. The lowest BCUT2D eigenvalue weighted by atomic mass is 9.96. The largest absolute Gasteiger partial charge is 0.507 e. The summed E-state index contributed by atoms with van der Waals surface area (Å²) in [7, 11) is 0. The minimum absolute atomic E-state index is 0.132. The van der Waals surface area contributed by atoms with Gasteiger partial charge in [-0.2, -0.15) is 0 Å². The highest BCUT2D eigenvalue weighted by molar-refractivity contribution is 5.43. The van der Waals surface area contributed by atoms with Crippen LogP contribution in [0.5, 0.6) is 5.75 Å². The van der Waals surface area contributed by atoms with Gasteiger partial charge in [-0.05, 0) is 11.5 Å². The second kappa shape index (κ2) is 4.42. The summed E-state index contributed by atoms with van der Waals surface area (Å²) >= 11 is 0. The summed E-state index contributed by atoms with van der Waals surface area (Å²) in [5.41, 5.74) is 6.83. The van der Waals surface area contributed by atoms with Crippen LogP contribution in [0.4, 0.5) is 4.39 Å². The van der Waals surface area contributed by atoms with Crippen molar-refractivity contribution in [3.8, 4) is 5.75 Å². The second-order valence-corrected chi connectivity index (χ2v) is 3.70. The number of nitrogens with two attached hydrogens (primary N) is 1. The first-order chi connectivity index (χ1) is 6.57. The molecule has 3 heteroatoms. The van der Waals surface area contributed by atoms with Gasteiger partial charge in [0.25, 0.3) is 0 Å². The van der Waals surface area contributed by atoms with E-state index in [1.165, 1.54) is 0 Å². The van der Waals surface area contributed by atoms with Crippen LogP contribution in [0.1, 0.15) is 36.9 Å². The number of hydrogen-bond donors (Lipinski definition) is 2. The van der Waals surface area contributed by atoms with Crippen LogP contribution in [0.25, 0.3) is 0 Å². The molecule has 2 nitrogen and oxygen atoms in total. The number of alkyl halides is 1. The maximum Gasteiger partial charge on any atom is 0.123 e. The summed E-state index contributed by atoms with van der Waals surface area (Å²) in [6.07, 6.45) is 0. The lowest BCUT2D eigenvalue weighted by molar-refractivity contribution is 0.410. The molecule has 14 heavy (non-hydrogen) atoms. The molecule has 0 spiro atoms. The molecule has 0 aliphatic rings. The van der Waals surface area contributed by atoms with Crippen molar-refractivity contribution >= 4 is 0 Å². The van der Waals surface area contributed by atoms with Crippen molar-refractivity contribution < 1.29 is 9.50 Å². The van der Waals surface area contributed by atoms with Crippen molar-refractivity contribution in [2.45, 2.75) is 25.8 Å². The smallest absolute Gasteiger partial charge is 0.123 e. The molecular weight excluding hydrogens is 181 g/mol. The zero-order valence-corrected chi connectivity index (χ0v) is 8.50. The van der Waals surface area contributed by atoms with Crippen molar-refractivity contribution in [2.24, 2.45) is 5.73 Å². The molecule has 0 aromatic heterocycles. The molecule has 3 N–H and O–H groups in total. The summed E-state index contributed by atoms with van der Waals surface area (Å²) in [4.78, 5) is 0. The molecule has 0 aliphatic carbocycles. The maximum atomic E-state index is 12.3. The molecule has 0 saturated carbocycles. The van der Waals surface area contributed by atoms with Gasteiger partial charge in [0, 0.05) is 5.56 Å². The number of hydrogen-bond acceptors (Lipinski definition) is 2. The number of rotatable bonds is 3. The third-order valence-electron chi connectivity index (χ3n) is 2.29. The molecule has 0 saturated heterocycles. The van der Waals surface area contributed by atoms with Gasteiger partial charge in [-0.1, -0.05) is 32.0 Å². The molecule has 1 aromatic carbocycles. The van der Waals surface area contributed by atoms with Crippen molar-refractivity contribution in [3.05, 3.63) is 29.3 Å². The second-order valence-electron chi connectivity index (χ2n) is 3.70. The molecule has 0 fully saturated rings. The Morgan fingerprint density at radius 2 is 1.93 bits per heavy atom. The number of aromatic hydroxyl groups is 1. The molecule has 1 rings (SSSR count). The molecule has 0 radical (unpaired) electrons. The molecule has 0 heterocycles. The Bertz CT molecular complexity index is 312. The zero-order chi connectivity index (χ0) is 10.7. The number of benzene rings is 1. The molecular formula is C11H16FNO. The van der Waals surface area contributed by atoms with Crippen molar-refractivity contribution in [2.75, 3.05) is 6.67 Å². The molecule has 1 atom stereocenters. The number of para-hydroxylation sites is 1. The highest BCUT2D eigenvalue weighted by Crippen LogP contribution is 2.31. The van der Waals surface area contributed by atoms with Crippen LogP contribution >= 0.6 is 0 Å². The molecule has 1 aromatic rings. The van der Waals surface area contributed by atoms with E-state index in [-0.39, 0.29) is 11.7 Å². The Labute approximate surface area is 83.6 Å². The monoisotopic (exact) mass is 197 g/mol. The third-order valence-corrected chi connectivity index (χ3v) is 2.29. The fraction of sp³-hybridized carbons (Fsp3) is 0.455. The Kier molecular flexibility index (Phi) is 3.47. The Morgan fingerprint density at radius 3 is 2.43 bits per heavy atom. The summed E-state index contributed by atoms with van der Waals surface area (Å²) in [6, 6.07) is 4.55. The Hall–Kier alpha value is -1.09. The highest BCUT2D eigenvalue weighted by atomic mass is 19.1.